The first-order valence-electron chi connectivity index (χ1n) is 7.74. The summed E-state index contributed by atoms with van der Waals surface area (Å²) in [6.45, 7) is 2.95. The van der Waals surface area contributed by atoms with Gasteiger partial charge in [-0.1, -0.05) is 37.3 Å². The number of hydrogen-bond acceptors (Lipinski definition) is 4. The van der Waals surface area contributed by atoms with Crippen LogP contribution in [0.15, 0.2) is 36.5 Å². The predicted octanol–water partition coefficient (Wildman–Crippen LogP) is 2.97. The van der Waals surface area contributed by atoms with Crippen LogP contribution >= 0.6 is 0 Å². The summed E-state index contributed by atoms with van der Waals surface area (Å²) in [4.78, 5) is 9.14. The van der Waals surface area contributed by atoms with Crippen molar-refractivity contribution in [1.82, 2.24) is 19.7 Å². The molecule has 0 saturated carbocycles. The van der Waals surface area contributed by atoms with Gasteiger partial charge in [-0.15, -0.1) is 0 Å². The Labute approximate surface area is 130 Å². The minimum Gasteiger partial charge on any atom is -0.369 e. The fourth-order valence-corrected chi connectivity index (χ4v) is 2.50. The standard InChI is InChI=1S/C17H21N5/c1-3-15-20-16(14-12-19-22(2)17(14)21-15)18-11-7-10-13-8-5-4-6-9-13/h4-6,8-9,12H,3,7,10-11H2,1-2H3,(H,18,20,21). The molecule has 0 atom stereocenters. The number of anilines is 1. The molecule has 2 heterocycles. The van der Waals surface area contributed by atoms with Crippen LogP contribution in [0.2, 0.25) is 0 Å². The summed E-state index contributed by atoms with van der Waals surface area (Å²) in [5, 5.41) is 8.71. The molecule has 0 aliphatic carbocycles. The second kappa shape index (κ2) is 6.56. The van der Waals surface area contributed by atoms with E-state index in [2.05, 4.69) is 51.6 Å². The van der Waals surface area contributed by atoms with Gasteiger partial charge in [-0.05, 0) is 18.4 Å². The highest BCUT2D eigenvalue weighted by molar-refractivity contribution is 5.86. The predicted molar refractivity (Wildman–Crippen MR) is 88.9 cm³/mol. The van der Waals surface area contributed by atoms with Crippen LogP contribution in [-0.4, -0.2) is 26.3 Å². The largest absolute Gasteiger partial charge is 0.369 e. The molecule has 5 heteroatoms. The van der Waals surface area contributed by atoms with Gasteiger partial charge in [0.15, 0.2) is 5.65 Å². The second-order valence-corrected chi connectivity index (χ2v) is 5.36. The molecule has 0 spiro atoms. The number of benzene rings is 1. The number of hydrogen-bond donors (Lipinski definition) is 1. The number of nitrogens with zero attached hydrogens (tertiary/aromatic N) is 4. The molecular formula is C17H21N5. The van der Waals surface area contributed by atoms with E-state index in [1.807, 2.05) is 19.3 Å². The van der Waals surface area contributed by atoms with E-state index in [4.69, 9.17) is 0 Å². The van der Waals surface area contributed by atoms with Gasteiger partial charge in [-0.25, -0.2) is 9.97 Å². The molecular weight excluding hydrogens is 274 g/mol. The Bertz CT molecular complexity index is 748. The van der Waals surface area contributed by atoms with Crippen LogP contribution in [0.4, 0.5) is 5.82 Å². The fourth-order valence-electron chi connectivity index (χ4n) is 2.50. The molecule has 3 rings (SSSR count). The van der Waals surface area contributed by atoms with Crippen molar-refractivity contribution >= 4 is 16.9 Å². The Kier molecular flexibility index (Phi) is 4.32. The van der Waals surface area contributed by atoms with E-state index in [9.17, 15) is 0 Å². The van der Waals surface area contributed by atoms with Crippen LogP contribution < -0.4 is 5.32 Å². The molecule has 0 bridgehead atoms. The van der Waals surface area contributed by atoms with Crippen molar-refractivity contribution in [1.29, 1.82) is 0 Å². The summed E-state index contributed by atoms with van der Waals surface area (Å²) in [5.74, 6) is 1.74. The molecule has 0 aliphatic rings. The Morgan fingerprint density at radius 1 is 1.14 bits per heavy atom. The topological polar surface area (TPSA) is 55.6 Å². The number of fused-ring (bicyclic) bond motifs is 1. The van der Waals surface area contributed by atoms with Crippen molar-refractivity contribution in [2.75, 3.05) is 11.9 Å². The van der Waals surface area contributed by atoms with E-state index in [0.717, 1.165) is 48.5 Å². The maximum absolute atomic E-state index is 4.60. The molecule has 0 saturated heterocycles. The van der Waals surface area contributed by atoms with E-state index in [-0.39, 0.29) is 0 Å². The van der Waals surface area contributed by atoms with Crippen molar-refractivity contribution in [3.05, 3.63) is 47.9 Å². The lowest BCUT2D eigenvalue weighted by Crippen LogP contribution is -2.08. The Hall–Kier alpha value is -2.43. The monoisotopic (exact) mass is 295 g/mol. The lowest BCUT2D eigenvalue weighted by Gasteiger charge is -2.08. The summed E-state index contributed by atoms with van der Waals surface area (Å²) >= 11 is 0. The lowest BCUT2D eigenvalue weighted by molar-refractivity contribution is 0.779. The first-order valence-corrected chi connectivity index (χ1v) is 7.74. The average molecular weight is 295 g/mol. The highest BCUT2D eigenvalue weighted by Crippen LogP contribution is 2.19. The molecule has 0 unspecified atom stereocenters. The fraction of sp³-hybridized carbons (Fsp3) is 0.353. The molecule has 3 aromatic rings. The maximum Gasteiger partial charge on any atom is 0.163 e. The summed E-state index contributed by atoms with van der Waals surface area (Å²) in [6, 6.07) is 10.5. The zero-order valence-electron chi connectivity index (χ0n) is 13.1. The normalized spacial score (nSPS) is 11.0. The molecule has 0 fully saturated rings. The zero-order chi connectivity index (χ0) is 15.4. The molecule has 2 aromatic heterocycles. The molecule has 1 aromatic carbocycles. The third-order valence-electron chi connectivity index (χ3n) is 3.73. The summed E-state index contributed by atoms with van der Waals surface area (Å²) < 4.78 is 1.80. The second-order valence-electron chi connectivity index (χ2n) is 5.36. The minimum absolute atomic E-state index is 0.819. The van der Waals surface area contributed by atoms with Crippen LogP contribution in [0.5, 0.6) is 0 Å². The van der Waals surface area contributed by atoms with Crippen molar-refractivity contribution in [2.24, 2.45) is 7.05 Å². The van der Waals surface area contributed by atoms with E-state index in [0.29, 0.717) is 0 Å². The van der Waals surface area contributed by atoms with E-state index >= 15 is 0 Å². The SMILES string of the molecule is CCc1nc(NCCCc2ccccc2)c2cnn(C)c2n1. The van der Waals surface area contributed by atoms with Gasteiger partial charge in [-0.3, -0.25) is 4.68 Å². The molecule has 22 heavy (non-hydrogen) atoms. The van der Waals surface area contributed by atoms with Crippen LogP contribution in [0.25, 0.3) is 11.0 Å². The van der Waals surface area contributed by atoms with Gasteiger partial charge >= 0.3 is 0 Å². The van der Waals surface area contributed by atoms with Gasteiger partial charge in [-0.2, -0.15) is 5.10 Å². The summed E-state index contributed by atoms with van der Waals surface area (Å²) in [7, 11) is 1.91. The molecule has 114 valence electrons. The average Bonchev–Trinajstić information content (AvgIpc) is 2.94. The lowest BCUT2D eigenvalue weighted by atomic mass is 10.1. The van der Waals surface area contributed by atoms with Gasteiger partial charge in [0, 0.05) is 20.0 Å². The van der Waals surface area contributed by atoms with Gasteiger partial charge in [0.25, 0.3) is 0 Å². The maximum atomic E-state index is 4.60. The van der Waals surface area contributed by atoms with Crippen molar-refractivity contribution in [2.45, 2.75) is 26.2 Å². The van der Waals surface area contributed by atoms with Gasteiger partial charge in [0.2, 0.25) is 0 Å². The summed E-state index contributed by atoms with van der Waals surface area (Å²) in [6.07, 6.45) is 4.78. The molecule has 0 radical (unpaired) electrons. The Morgan fingerprint density at radius 2 is 1.95 bits per heavy atom. The third-order valence-corrected chi connectivity index (χ3v) is 3.73. The summed E-state index contributed by atoms with van der Waals surface area (Å²) in [5.41, 5.74) is 2.25. The first-order chi connectivity index (χ1) is 10.8. The van der Waals surface area contributed by atoms with Gasteiger partial charge < -0.3 is 5.32 Å². The molecule has 5 nitrogen and oxygen atoms in total. The number of aromatic nitrogens is 4. The smallest absolute Gasteiger partial charge is 0.163 e. The van der Waals surface area contributed by atoms with E-state index in [1.54, 1.807) is 4.68 Å². The molecule has 1 N–H and O–H groups in total. The van der Waals surface area contributed by atoms with Crippen LogP contribution in [0, 0.1) is 0 Å². The first kappa shape index (κ1) is 14.5. The Morgan fingerprint density at radius 3 is 2.73 bits per heavy atom. The Balaban J connectivity index is 1.68. The third kappa shape index (κ3) is 3.08. The quantitative estimate of drug-likeness (QED) is 0.710. The highest BCUT2D eigenvalue weighted by Gasteiger charge is 2.10. The van der Waals surface area contributed by atoms with Crippen molar-refractivity contribution < 1.29 is 0 Å². The zero-order valence-corrected chi connectivity index (χ0v) is 13.1. The van der Waals surface area contributed by atoms with Crippen molar-refractivity contribution in [3.8, 4) is 0 Å². The molecule has 0 aliphatic heterocycles. The van der Waals surface area contributed by atoms with Gasteiger partial charge in [0.1, 0.15) is 11.6 Å². The minimum atomic E-state index is 0.819. The number of rotatable bonds is 6. The van der Waals surface area contributed by atoms with Crippen molar-refractivity contribution in [3.63, 3.8) is 0 Å². The van der Waals surface area contributed by atoms with Crippen LogP contribution in [-0.2, 0) is 19.9 Å². The van der Waals surface area contributed by atoms with Crippen LogP contribution in [0.3, 0.4) is 0 Å². The van der Waals surface area contributed by atoms with E-state index in [1.165, 1.54) is 5.56 Å². The number of nitrogens with one attached hydrogen (secondary N) is 1. The van der Waals surface area contributed by atoms with Gasteiger partial charge in [0.05, 0.1) is 11.6 Å². The van der Waals surface area contributed by atoms with E-state index < -0.39 is 0 Å². The molecule has 0 amide bonds. The number of aryl methyl sites for hydroxylation is 3. The van der Waals surface area contributed by atoms with Crippen LogP contribution in [0.1, 0.15) is 24.7 Å². The highest BCUT2D eigenvalue weighted by atomic mass is 15.3.